The molecule has 34 heavy (non-hydrogen) atoms. The fourth-order valence-corrected chi connectivity index (χ4v) is 3.56. The molecule has 1 heterocycles. The van der Waals surface area contributed by atoms with Crippen LogP contribution in [0, 0.1) is 5.82 Å². The summed E-state index contributed by atoms with van der Waals surface area (Å²) in [5.74, 6) is -1.38. The van der Waals surface area contributed by atoms with Crippen LogP contribution in [-0.2, 0) is 16.2 Å². The summed E-state index contributed by atoms with van der Waals surface area (Å²) in [6.07, 6.45) is 1.33. The fraction of sp³-hybridized carbons (Fsp3) is 0.0800. The van der Waals surface area contributed by atoms with Crippen LogP contribution >= 0.6 is 11.6 Å². The van der Waals surface area contributed by atoms with Crippen molar-refractivity contribution in [1.82, 2.24) is 5.32 Å². The average Bonchev–Trinajstić information content (AvgIpc) is 2.82. The quantitative estimate of drug-likeness (QED) is 0.407. The molecule has 1 N–H and O–H groups in total. The van der Waals surface area contributed by atoms with E-state index in [1.165, 1.54) is 31.4 Å². The standard InChI is InChI=1S/C25H18ClFN2O5/c1-33-22-13-15(10-11-21(22)34-14-16-6-2-4-8-19(16)27)12-17-23(30)28-25(32)29(24(17)31)20-9-5-3-7-18(20)26/h2-13H,14H2,1H3,(H,28,30,32)/b17-12-. The molecule has 0 unspecified atom stereocenters. The van der Waals surface area contributed by atoms with Crippen molar-refractivity contribution < 1.29 is 28.2 Å². The van der Waals surface area contributed by atoms with E-state index in [0.29, 0.717) is 22.6 Å². The first-order valence-corrected chi connectivity index (χ1v) is 10.5. The molecule has 9 heteroatoms. The van der Waals surface area contributed by atoms with Gasteiger partial charge in [0.1, 0.15) is 18.0 Å². The Morgan fingerprint density at radius 2 is 1.74 bits per heavy atom. The van der Waals surface area contributed by atoms with Gasteiger partial charge in [-0.15, -0.1) is 0 Å². The number of hydrogen-bond donors (Lipinski definition) is 1. The maximum Gasteiger partial charge on any atom is 0.335 e. The number of urea groups is 1. The molecule has 0 atom stereocenters. The number of carbonyl (C=O) groups is 3. The van der Waals surface area contributed by atoms with Crippen LogP contribution in [0.2, 0.25) is 5.02 Å². The van der Waals surface area contributed by atoms with Crippen LogP contribution in [-0.4, -0.2) is 25.0 Å². The van der Waals surface area contributed by atoms with E-state index >= 15 is 0 Å². The Hall–Kier alpha value is -4.17. The molecule has 4 rings (SSSR count). The first-order chi connectivity index (χ1) is 16.4. The largest absolute Gasteiger partial charge is 0.493 e. The monoisotopic (exact) mass is 480 g/mol. The Balaban J connectivity index is 1.61. The number of hydrogen-bond acceptors (Lipinski definition) is 5. The van der Waals surface area contributed by atoms with Crippen molar-refractivity contribution in [2.24, 2.45) is 0 Å². The minimum absolute atomic E-state index is 0.0146. The molecule has 1 saturated heterocycles. The van der Waals surface area contributed by atoms with Gasteiger partial charge in [0, 0.05) is 5.56 Å². The second-order valence-electron chi connectivity index (χ2n) is 7.20. The predicted octanol–water partition coefficient (Wildman–Crippen LogP) is 4.73. The molecule has 172 valence electrons. The van der Waals surface area contributed by atoms with Crippen LogP contribution in [0.1, 0.15) is 11.1 Å². The number of amides is 4. The molecular weight excluding hydrogens is 463 g/mol. The maximum absolute atomic E-state index is 13.9. The van der Waals surface area contributed by atoms with Gasteiger partial charge in [-0.2, -0.15) is 0 Å². The van der Waals surface area contributed by atoms with Crippen molar-refractivity contribution in [2.45, 2.75) is 6.61 Å². The number of carbonyl (C=O) groups excluding carboxylic acids is 3. The van der Waals surface area contributed by atoms with E-state index < -0.39 is 17.8 Å². The number of para-hydroxylation sites is 1. The molecule has 0 aromatic heterocycles. The first-order valence-electron chi connectivity index (χ1n) is 10.1. The van der Waals surface area contributed by atoms with Crippen molar-refractivity contribution in [2.75, 3.05) is 12.0 Å². The number of nitrogens with one attached hydrogen (secondary N) is 1. The predicted molar refractivity (Wildman–Crippen MR) is 124 cm³/mol. The molecule has 0 bridgehead atoms. The van der Waals surface area contributed by atoms with Crippen LogP contribution in [0.5, 0.6) is 11.5 Å². The van der Waals surface area contributed by atoms with E-state index in [4.69, 9.17) is 21.1 Å². The number of methoxy groups -OCH3 is 1. The minimum Gasteiger partial charge on any atom is -0.493 e. The lowest BCUT2D eigenvalue weighted by atomic mass is 10.1. The van der Waals surface area contributed by atoms with Gasteiger partial charge in [-0.3, -0.25) is 14.9 Å². The summed E-state index contributed by atoms with van der Waals surface area (Å²) in [4.78, 5) is 38.6. The fourth-order valence-electron chi connectivity index (χ4n) is 3.34. The highest BCUT2D eigenvalue weighted by molar-refractivity contribution is 6.42. The third-order valence-corrected chi connectivity index (χ3v) is 5.35. The zero-order valence-corrected chi connectivity index (χ0v) is 18.6. The van der Waals surface area contributed by atoms with Crippen molar-refractivity contribution in [3.63, 3.8) is 0 Å². The third-order valence-electron chi connectivity index (χ3n) is 5.03. The molecular formula is C25H18ClFN2O5. The molecule has 1 aliphatic rings. The molecule has 3 aromatic rings. The molecule has 0 aliphatic carbocycles. The maximum atomic E-state index is 13.9. The molecule has 0 spiro atoms. The van der Waals surface area contributed by atoms with Gasteiger partial charge in [-0.1, -0.05) is 48.0 Å². The van der Waals surface area contributed by atoms with Crippen molar-refractivity contribution in [3.05, 3.63) is 94.3 Å². The lowest BCUT2D eigenvalue weighted by Crippen LogP contribution is -2.54. The van der Waals surface area contributed by atoms with Gasteiger partial charge in [0.25, 0.3) is 11.8 Å². The van der Waals surface area contributed by atoms with Gasteiger partial charge in [0.2, 0.25) is 0 Å². The van der Waals surface area contributed by atoms with Crippen molar-refractivity contribution in [3.8, 4) is 11.5 Å². The smallest absolute Gasteiger partial charge is 0.335 e. The molecule has 0 radical (unpaired) electrons. The van der Waals surface area contributed by atoms with E-state index in [-0.39, 0.29) is 28.7 Å². The number of halogens is 2. The van der Waals surface area contributed by atoms with Crippen molar-refractivity contribution >= 4 is 41.2 Å². The number of barbiturate groups is 1. The van der Waals surface area contributed by atoms with E-state index in [9.17, 15) is 18.8 Å². The normalized spacial score (nSPS) is 14.9. The topological polar surface area (TPSA) is 84.9 Å². The van der Waals surface area contributed by atoms with Crippen LogP contribution in [0.4, 0.5) is 14.9 Å². The summed E-state index contributed by atoms with van der Waals surface area (Å²) in [6, 6.07) is 16.4. The van der Waals surface area contributed by atoms with Crippen LogP contribution in [0.3, 0.4) is 0 Å². The van der Waals surface area contributed by atoms with Gasteiger partial charge in [-0.05, 0) is 42.0 Å². The number of rotatable bonds is 6. The Morgan fingerprint density at radius 1 is 1.00 bits per heavy atom. The average molecular weight is 481 g/mol. The van der Waals surface area contributed by atoms with E-state index in [2.05, 4.69) is 5.32 Å². The summed E-state index contributed by atoms with van der Waals surface area (Å²) in [6.45, 7) is -0.0146. The highest BCUT2D eigenvalue weighted by atomic mass is 35.5. The summed E-state index contributed by atoms with van der Waals surface area (Å²) in [5.41, 5.74) is 0.715. The Bertz CT molecular complexity index is 1320. The minimum atomic E-state index is -0.894. The molecule has 1 aliphatic heterocycles. The lowest BCUT2D eigenvalue weighted by molar-refractivity contribution is -0.122. The Labute approximate surface area is 199 Å². The third kappa shape index (κ3) is 4.62. The van der Waals surface area contributed by atoms with Crippen LogP contribution < -0.4 is 19.7 Å². The summed E-state index contributed by atoms with van der Waals surface area (Å²) >= 11 is 6.14. The molecule has 1 fully saturated rings. The van der Waals surface area contributed by atoms with Gasteiger partial charge in [0.15, 0.2) is 11.5 Å². The van der Waals surface area contributed by atoms with E-state index in [1.807, 2.05) is 0 Å². The van der Waals surface area contributed by atoms with Crippen molar-refractivity contribution in [1.29, 1.82) is 0 Å². The second-order valence-corrected chi connectivity index (χ2v) is 7.61. The van der Waals surface area contributed by atoms with Gasteiger partial charge in [-0.25, -0.2) is 14.1 Å². The second kappa shape index (κ2) is 9.76. The first kappa shape index (κ1) is 23.0. The van der Waals surface area contributed by atoms with Crippen LogP contribution in [0.25, 0.3) is 6.08 Å². The number of nitrogens with zero attached hydrogens (tertiary/aromatic N) is 1. The zero-order chi connectivity index (χ0) is 24.2. The van der Waals surface area contributed by atoms with Crippen LogP contribution in [0.15, 0.2) is 72.3 Å². The molecule has 0 saturated carbocycles. The number of anilines is 1. The Kier molecular flexibility index (Phi) is 6.60. The van der Waals surface area contributed by atoms with E-state index in [0.717, 1.165) is 4.90 Å². The molecule has 7 nitrogen and oxygen atoms in total. The lowest BCUT2D eigenvalue weighted by Gasteiger charge is -2.27. The van der Waals surface area contributed by atoms with Gasteiger partial charge < -0.3 is 9.47 Å². The molecule has 4 amide bonds. The molecule has 3 aromatic carbocycles. The highest BCUT2D eigenvalue weighted by Gasteiger charge is 2.37. The van der Waals surface area contributed by atoms with Gasteiger partial charge >= 0.3 is 6.03 Å². The van der Waals surface area contributed by atoms with Gasteiger partial charge in [0.05, 0.1) is 17.8 Å². The Morgan fingerprint density at radius 3 is 2.47 bits per heavy atom. The summed E-state index contributed by atoms with van der Waals surface area (Å²) in [7, 11) is 1.43. The zero-order valence-electron chi connectivity index (χ0n) is 17.9. The number of benzene rings is 3. The SMILES string of the molecule is COc1cc(/C=C2/C(=O)NC(=O)N(c3ccccc3Cl)C2=O)ccc1OCc1ccccc1F. The number of ether oxygens (including phenoxy) is 2. The summed E-state index contributed by atoms with van der Waals surface area (Å²) in [5, 5.41) is 2.33. The highest BCUT2D eigenvalue weighted by Crippen LogP contribution is 2.32. The van der Waals surface area contributed by atoms with E-state index in [1.54, 1.807) is 48.5 Å². The summed E-state index contributed by atoms with van der Waals surface area (Å²) < 4.78 is 24.9. The number of imide groups is 2.